The van der Waals surface area contributed by atoms with Gasteiger partial charge in [-0.1, -0.05) is 0 Å². The third-order valence-corrected chi connectivity index (χ3v) is 3.47. The minimum absolute atomic E-state index is 0.0953. The second kappa shape index (κ2) is 6.29. The summed E-state index contributed by atoms with van der Waals surface area (Å²) in [5.41, 5.74) is 0. The maximum Gasteiger partial charge on any atom is 0.246 e. The van der Waals surface area contributed by atoms with E-state index < -0.39 is 0 Å². The zero-order valence-corrected chi connectivity index (χ0v) is 12.1. The summed E-state index contributed by atoms with van der Waals surface area (Å²) < 4.78 is 0. The molecule has 1 atom stereocenters. The van der Waals surface area contributed by atoms with E-state index in [1.165, 1.54) is 4.90 Å². The predicted octanol–water partition coefficient (Wildman–Crippen LogP) is 0.452. The molecule has 5 heteroatoms. The molecule has 0 radical (unpaired) electrons. The maximum atomic E-state index is 11.7. The van der Waals surface area contributed by atoms with Gasteiger partial charge in [-0.2, -0.15) is 0 Å². The van der Waals surface area contributed by atoms with Crippen LogP contribution in [-0.2, 0) is 9.59 Å². The quantitative estimate of drug-likeness (QED) is 0.700. The van der Waals surface area contributed by atoms with E-state index in [0.29, 0.717) is 18.5 Å². The Kier molecular flexibility index (Phi) is 5.28. The molecule has 1 unspecified atom stereocenters. The Balaban J connectivity index is 2.38. The fraction of sp³-hybridized carbons (Fsp3) is 0.846. The Bertz CT molecular complexity index is 307. The highest BCUT2D eigenvalue weighted by molar-refractivity contribution is 6.05. The summed E-state index contributed by atoms with van der Waals surface area (Å²) in [5, 5.41) is 3.18. The van der Waals surface area contributed by atoms with Gasteiger partial charge in [0.25, 0.3) is 0 Å². The molecule has 0 spiro atoms. The molecule has 1 rings (SSSR count). The van der Waals surface area contributed by atoms with E-state index in [9.17, 15) is 9.59 Å². The van der Waals surface area contributed by atoms with E-state index in [4.69, 9.17) is 0 Å². The molecule has 5 nitrogen and oxygen atoms in total. The molecule has 1 heterocycles. The lowest BCUT2D eigenvalue weighted by Gasteiger charge is -2.30. The molecule has 0 aromatic heterocycles. The minimum Gasteiger partial charge on any atom is -0.304 e. The van der Waals surface area contributed by atoms with Gasteiger partial charge in [0.1, 0.15) is 0 Å². The highest BCUT2D eigenvalue weighted by atomic mass is 16.2. The molecular formula is C13H25N3O2. The molecule has 1 aliphatic rings. The molecule has 1 saturated heterocycles. The van der Waals surface area contributed by atoms with E-state index in [1.54, 1.807) is 7.05 Å². The number of likely N-dealkylation sites (tertiary alicyclic amines) is 1. The second-order valence-corrected chi connectivity index (χ2v) is 5.43. The van der Waals surface area contributed by atoms with E-state index >= 15 is 0 Å². The largest absolute Gasteiger partial charge is 0.304 e. The van der Waals surface area contributed by atoms with Crippen LogP contribution in [0.2, 0.25) is 0 Å². The summed E-state index contributed by atoms with van der Waals surface area (Å²) in [5.74, 6) is -0.206. The van der Waals surface area contributed by atoms with Crippen LogP contribution in [0.15, 0.2) is 0 Å². The Labute approximate surface area is 110 Å². The third kappa shape index (κ3) is 3.53. The van der Waals surface area contributed by atoms with Crippen molar-refractivity contribution in [1.82, 2.24) is 15.1 Å². The van der Waals surface area contributed by atoms with E-state index in [-0.39, 0.29) is 17.9 Å². The normalized spacial score (nSPS) is 20.9. The van der Waals surface area contributed by atoms with E-state index in [1.807, 2.05) is 0 Å². The number of hydrogen-bond donors (Lipinski definition) is 1. The molecule has 1 aliphatic heterocycles. The number of likely N-dealkylation sites (N-methyl/N-ethyl adjacent to an activating group) is 1. The van der Waals surface area contributed by atoms with Crippen LogP contribution in [0.25, 0.3) is 0 Å². The highest BCUT2D eigenvalue weighted by Crippen LogP contribution is 2.10. The summed E-state index contributed by atoms with van der Waals surface area (Å²) in [7, 11) is 1.54. The molecule has 0 aromatic rings. The number of amides is 2. The lowest BCUT2D eigenvalue weighted by molar-refractivity contribution is -0.137. The summed E-state index contributed by atoms with van der Waals surface area (Å²) in [6.07, 6.45) is 0.290. The van der Waals surface area contributed by atoms with Gasteiger partial charge >= 0.3 is 0 Å². The first-order valence-electron chi connectivity index (χ1n) is 6.64. The average Bonchev–Trinajstić information content (AvgIpc) is 2.51. The van der Waals surface area contributed by atoms with Gasteiger partial charge in [-0.3, -0.25) is 19.4 Å². The molecule has 18 heavy (non-hydrogen) atoms. The molecular weight excluding hydrogens is 230 g/mol. The Morgan fingerprint density at radius 3 is 2.22 bits per heavy atom. The first-order chi connectivity index (χ1) is 8.34. The van der Waals surface area contributed by atoms with Crippen LogP contribution in [0.1, 0.15) is 34.1 Å². The van der Waals surface area contributed by atoms with Crippen molar-refractivity contribution in [3.63, 3.8) is 0 Å². The fourth-order valence-electron chi connectivity index (χ4n) is 2.40. The first-order valence-corrected chi connectivity index (χ1v) is 6.64. The molecule has 104 valence electrons. The van der Waals surface area contributed by atoms with Crippen molar-refractivity contribution in [3.8, 4) is 0 Å². The number of carbonyl (C=O) groups is 2. The summed E-state index contributed by atoms with van der Waals surface area (Å²) in [6.45, 7) is 10.3. The van der Waals surface area contributed by atoms with Gasteiger partial charge in [-0.25, -0.2) is 0 Å². The van der Waals surface area contributed by atoms with Crippen molar-refractivity contribution in [1.29, 1.82) is 0 Å². The number of rotatable bonds is 6. The minimum atomic E-state index is -0.330. The van der Waals surface area contributed by atoms with Gasteiger partial charge in [0, 0.05) is 32.2 Å². The average molecular weight is 255 g/mol. The van der Waals surface area contributed by atoms with Gasteiger partial charge in [0.2, 0.25) is 11.8 Å². The predicted molar refractivity (Wildman–Crippen MR) is 71.2 cm³/mol. The van der Waals surface area contributed by atoms with Gasteiger partial charge in [-0.05, 0) is 27.7 Å². The van der Waals surface area contributed by atoms with Crippen LogP contribution in [0.4, 0.5) is 0 Å². The molecule has 1 fully saturated rings. The zero-order valence-electron chi connectivity index (χ0n) is 12.1. The number of nitrogens with zero attached hydrogens (tertiary/aromatic N) is 2. The van der Waals surface area contributed by atoms with Gasteiger partial charge in [-0.15, -0.1) is 0 Å². The Morgan fingerprint density at radius 2 is 1.83 bits per heavy atom. The van der Waals surface area contributed by atoms with Crippen LogP contribution in [-0.4, -0.2) is 59.9 Å². The number of nitrogens with one attached hydrogen (secondary N) is 1. The molecule has 0 saturated carbocycles. The molecule has 0 bridgehead atoms. The molecule has 2 amide bonds. The van der Waals surface area contributed by atoms with Crippen molar-refractivity contribution < 1.29 is 9.59 Å². The summed E-state index contributed by atoms with van der Waals surface area (Å²) >= 11 is 0. The highest BCUT2D eigenvalue weighted by Gasteiger charge is 2.35. The zero-order chi connectivity index (χ0) is 13.9. The standard InChI is InChI=1S/C13H25N3O2/c1-9(2)16(10(3)4)7-6-14-11-8-12(17)15(5)13(11)18/h9-11,14H,6-8H2,1-5H3. The Hall–Kier alpha value is -0.940. The smallest absolute Gasteiger partial charge is 0.246 e. The third-order valence-electron chi connectivity index (χ3n) is 3.47. The Morgan fingerprint density at radius 1 is 1.28 bits per heavy atom. The van der Waals surface area contributed by atoms with Gasteiger partial charge in [0.05, 0.1) is 12.5 Å². The molecule has 0 aliphatic carbocycles. The van der Waals surface area contributed by atoms with Crippen LogP contribution in [0, 0.1) is 0 Å². The maximum absolute atomic E-state index is 11.7. The summed E-state index contributed by atoms with van der Waals surface area (Å²) in [4.78, 5) is 26.6. The van der Waals surface area contributed by atoms with Crippen molar-refractivity contribution in [2.45, 2.75) is 52.2 Å². The lowest BCUT2D eigenvalue weighted by Crippen LogP contribution is -2.45. The van der Waals surface area contributed by atoms with Crippen LogP contribution in [0.3, 0.4) is 0 Å². The summed E-state index contributed by atoms with van der Waals surface area (Å²) in [6, 6.07) is 0.634. The topological polar surface area (TPSA) is 52.7 Å². The fourth-order valence-corrected chi connectivity index (χ4v) is 2.40. The van der Waals surface area contributed by atoms with E-state index in [2.05, 4.69) is 37.9 Å². The lowest BCUT2D eigenvalue weighted by atomic mass is 10.2. The van der Waals surface area contributed by atoms with Crippen LogP contribution < -0.4 is 5.32 Å². The monoisotopic (exact) mass is 255 g/mol. The first kappa shape index (κ1) is 15.1. The van der Waals surface area contributed by atoms with E-state index in [0.717, 1.165) is 13.1 Å². The second-order valence-electron chi connectivity index (χ2n) is 5.43. The van der Waals surface area contributed by atoms with Gasteiger partial charge in [0.15, 0.2) is 0 Å². The molecule has 1 N–H and O–H groups in total. The van der Waals surface area contributed by atoms with Crippen LogP contribution >= 0.6 is 0 Å². The van der Waals surface area contributed by atoms with Crippen molar-refractivity contribution >= 4 is 11.8 Å². The number of imide groups is 1. The van der Waals surface area contributed by atoms with Crippen molar-refractivity contribution in [2.75, 3.05) is 20.1 Å². The van der Waals surface area contributed by atoms with Crippen molar-refractivity contribution in [2.24, 2.45) is 0 Å². The van der Waals surface area contributed by atoms with Crippen molar-refractivity contribution in [3.05, 3.63) is 0 Å². The number of carbonyl (C=O) groups excluding carboxylic acids is 2. The number of hydrogen-bond acceptors (Lipinski definition) is 4. The SMILES string of the molecule is CC(C)N(CCNC1CC(=O)N(C)C1=O)C(C)C. The molecule has 0 aromatic carbocycles. The van der Waals surface area contributed by atoms with Crippen LogP contribution in [0.5, 0.6) is 0 Å². The van der Waals surface area contributed by atoms with Gasteiger partial charge < -0.3 is 5.32 Å².